The predicted octanol–water partition coefficient (Wildman–Crippen LogP) is 9.31. The lowest BCUT2D eigenvalue weighted by atomic mass is 10.1. The summed E-state index contributed by atoms with van der Waals surface area (Å²) in [6.45, 7) is 19.5. The maximum atomic E-state index is 6.24. The Morgan fingerprint density at radius 3 is 2.64 bits per heavy atom. The van der Waals surface area contributed by atoms with Crippen molar-refractivity contribution in [2.24, 2.45) is 10.9 Å². The first kappa shape index (κ1) is 32.7. The molecule has 0 saturated carbocycles. The minimum absolute atomic E-state index is 0.428. The summed E-state index contributed by atoms with van der Waals surface area (Å²) in [6, 6.07) is 8.23. The van der Waals surface area contributed by atoms with Crippen LogP contribution in [0.1, 0.15) is 84.0 Å². The van der Waals surface area contributed by atoms with Crippen molar-refractivity contribution in [3.05, 3.63) is 89.0 Å². The van der Waals surface area contributed by atoms with Crippen LogP contribution in [0, 0.1) is 19.8 Å². The minimum Gasteiger partial charge on any atom is -0.489 e. The van der Waals surface area contributed by atoms with Crippen LogP contribution in [-0.4, -0.2) is 30.5 Å². The number of ether oxygens (including phenoxy) is 2. The molecule has 0 bridgehead atoms. The molecule has 0 saturated heterocycles. The van der Waals surface area contributed by atoms with Crippen LogP contribution in [-0.2, 0) is 0 Å². The molecule has 0 radical (unpaired) electrons. The Kier molecular flexibility index (Phi) is 12.9. The quantitative estimate of drug-likeness (QED) is 0.119. The van der Waals surface area contributed by atoms with Crippen LogP contribution in [0.15, 0.2) is 77.2 Å². The van der Waals surface area contributed by atoms with E-state index in [1.54, 1.807) is 0 Å². The van der Waals surface area contributed by atoms with Crippen molar-refractivity contribution in [2.45, 2.75) is 81.1 Å². The summed E-state index contributed by atoms with van der Waals surface area (Å²) in [5, 5.41) is 3.56. The number of anilines is 2. The van der Waals surface area contributed by atoms with Gasteiger partial charge in [-0.3, -0.25) is 0 Å². The SMILES string of the molecule is C\C=C(/C=C\C(C)=C\CC)Oc1ccc(NC(=N/C=C/CC)c2nc3c(cc2C)OCC(C)CN3CCCC)cc1C. The molecule has 2 aromatic rings. The molecule has 6 heteroatoms. The Balaban J connectivity index is 1.93. The van der Waals surface area contributed by atoms with E-state index >= 15 is 0 Å². The number of hydrogen-bond acceptors (Lipinski definition) is 5. The normalized spacial score (nSPS) is 16.5. The van der Waals surface area contributed by atoms with Gasteiger partial charge in [-0.2, -0.15) is 0 Å². The molecule has 0 spiro atoms. The van der Waals surface area contributed by atoms with Gasteiger partial charge < -0.3 is 19.7 Å². The average Bonchev–Trinajstić information content (AvgIpc) is 3.12. The Hall–Kier alpha value is -3.80. The fourth-order valence-electron chi connectivity index (χ4n) is 4.73. The summed E-state index contributed by atoms with van der Waals surface area (Å²) in [5.41, 5.74) is 5.01. The maximum Gasteiger partial charge on any atom is 0.172 e. The topological polar surface area (TPSA) is 59.0 Å². The lowest BCUT2D eigenvalue weighted by Crippen LogP contribution is -2.30. The van der Waals surface area contributed by atoms with E-state index in [9.17, 15) is 0 Å². The number of rotatable bonds is 12. The van der Waals surface area contributed by atoms with Crippen molar-refractivity contribution in [2.75, 3.05) is 29.9 Å². The molecule has 1 aromatic heterocycles. The molecule has 6 nitrogen and oxygen atoms in total. The number of benzene rings is 1. The summed E-state index contributed by atoms with van der Waals surface area (Å²) in [4.78, 5) is 12.4. The van der Waals surface area contributed by atoms with E-state index in [-0.39, 0.29) is 0 Å². The number of nitrogens with one attached hydrogen (secondary N) is 1. The monoisotopic (exact) mass is 570 g/mol. The van der Waals surface area contributed by atoms with E-state index in [1.807, 2.05) is 43.5 Å². The molecule has 1 aliphatic heterocycles. The highest BCUT2D eigenvalue weighted by Gasteiger charge is 2.24. The third-order valence-corrected chi connectivity index (χ3v) is 7.05. The van der Waals surface area contributed by atoms with Crippen molar-refractivity contribution in [3.8, 4) is 11.5 Å². The molecule has 1 unspecified atom stereocenters. The number of aromatic nitrogens is 1. The minimum atomic E-state index is 0.428. The Morgan fingerprint density at radius 1 is 1.14 bits per heavy atom. The third kappa shape index (κ3) is 9.37. The molecule has 1 atom stereocenters. The number of amidine groups is 1. The standard InChI is InChI=1S/C36H50N4O2/c1-9-13-20-37-35(34-29(8)23-33-36(39-34)40(21-14-10-2)24-27(6)25-41-33)38-30-17-19-32(28(7)22-30)42-31(12-4)18-16-26(5)15-11-3/h12-13,15-20,22-23,27H,9-11,14,21,24-25H2,1-8H3,(H,37,38)/b18-16-,20-13+,26-15+,31-12+. The van der Waals surface area contributed by atoms with Crippen molar-refractivity contribution in [1.82, 2.24) is 4.98 Å². The van der Waals surface area contributed by atoms with Crippen LogP contribution < -0.4 is 19.7 Å². The second kappa shape index (κ2) is 16.6. The molecule has 42 heavy (non-hydrogen) atoms. The van der Waals surface area contributed by atoms with Crippen LogP contribution in [0.5, 0.6) is 11.5 Å². The van der Waals surface area contributed by atoms with E-state index in [1.165, 1.54) is 5.57 Å². The summed E-state index contributed by atoms with van der Waals surface area (Å²) in [7, 11) is 0. The predicted molar refractivity (Wildman–Crippen MR) is 179 cm³/mol. The summed E-state index contributed by atoms with van der Waals surface area (Å²) in [6.07, 6.45) is 16.3. The molecule has 0 fully saturated rings. The van der Waals surface area contributed by atoms with Gasteiger partial charge in [-0.25, -0.2) is 9.98 Å². The fraction of sp³-hybridized carbons (Fsp3) is 0.444. The first-order valence-corrected chi connectivity index (χ1v) is 15.5. The van der Waals surface area contributed by atoms with Gasteiger partial charge in [0.25, 0.3) is 0 Å². The van der Waals surface area contributed by atoms with Crippen molar-refractivity contribution >= 4 is 17.3 Å². The highest BCUT2D eigenvalue weighted by atomic mass is 16.5. The number of hydrogen-bond donors (Lipinski definition) is 1. The zero-order chi connectivity index (χ0) is 30.5. The lowest BCUT2D eigenvalue weighted by Gasteiger charge is -2.25. The van der Waals surface area contributed by atoms with Gasteiger partial charge >= 0.3 is 0 Å². The molecule has 3 rings (SSSR count). The molecular formula is C36H50N4O2. The van der Waals surface area contributed by atoms with E-state index in [0.29, 0.717) is 18.4 Å². The number of nitrogens with zero attached hydrogens (tertiary/aromatic N) is 3. The summed E-state index contributed by atoms with van der Waals surface area (Å²) in [5.74, 6) is 4.51. The van der Waals surface area contributed by atoms with Gasteiger partial charge in [-0.05, 0) is 94.5 Å². The van der Waals surface area contributed by atoms with Gasteiger partial charge in [-0.1, -0.05) is 57.9 Å². The second-order valence-electron chi connectivity index (χ2n) is 11.1. The smallest absolute Gasteiger partial charge is 0.172 e. The van der Waals surface area contributed by atoms with E-state index in [2.05, 4.69) is 83.0 Å². The molecule has 226 valence electrons. The van der Waals surface area contributed by atoms with E-state index in [4.69, 9.17) is 19.5 Å². The van der Waals surface area contributed by atoms with Crippen LogP contribution in [0.2, 0.25) is 0 Å². The molecule has 2 heterocycles. The number of allylic oxidation sites excluding steroid dienone is 6. The second-order valence-corrected chi connectivity index (χ2v) is 11.1. The zero-order valence-electron chi connectivity index (χ0n) is 27.0. The van der Waals surface area contributed by atoms with Crippen LogP contribution >= 0.6 is 0 Å². The van der Waals surface area contributed by atoms with Crippen molar-refractivity contribution < 1.29 is 9.47 Å². The number of unbranched alkanes of at least 4 members (excludes halogenated alkanes) is 1. The molecule has 0 aliphatic carbocycles. The summed E-state index contributed by atoms with van der Waals surface area (Å²) >= 11 is 0. The number of aryl methyl sites for hydroxylation is 2. The van der Waals surface area contributed by atoms with E-state index in [0.717, 1.165) is 84.4 Å². The Bertz CT molecular complexity index is 1340. The van der Waals surface area contributed by atoms with Crippen LogP contribution in [0.25, 0.3) is 0 Å². The number of fused-ring (bicyclic) bond motifs is 1. The highest BCUT2D eigenvalue weighted by molar-refractivity contribution is 6.08. The highest BCUT2D eigenvalue weighted by Crippen LogP contribution is 2.33. The first-order chi connectivity index (χ1) is 20.3. The van der Waals surface area contributed by atoms with Crippen molar-refractivity contribution in [3.63, 3.8) is 0 Å². The van der Waals surface area contributed by atoms with Crippen molar-refractivity contribution in [1.29, 1.82) is 0 Å². The molecule has 0 amide bonds. The van der Waals surface area contributed by atoms with Gasteiger partial charge in [-0.15, -0.1) is 0 Å². The molecular weight excluding hydrogens is 520 g/mol. The molecule has 1 N–H and O–H groups in total. The number of pyridine rings is 1. The first-order valence-electron chi connectivity index (χ1n) is 15.5. The Morgan fingerprint density at radius 2 is 1.95 bits per heavy atom. The third-order valence-electron chi connectivity index (χ3n) is 7.05. The van der Waals surface area contributed by atoms with E-state index < -0.39 is 0 Å². The fourth-order valence-corrected chi connectivity index (χ4v) is 4.73. The largest absolute Gasteiger partial charge is 0.489 e. The average molecular weight is 571 g/mol. The summed E-state index contributed by atoms with van der Waals surface area (Å²) < 4.78 is 12.4. The Labute approximate surface area is 253 Å². The van der Waals surface area contributed by atoms with Crippen LogP contribution in [0.4, 0.5) is 11.5 Å². The van der Waals surface area contributed by atoms with Gasteiger partial charge in [0.15, 0.2) is 17.4 Å². The van der Waals surface area contributed by atoms with Crippen LogP contribution in [0.3, 0.4) is 0 Å². The zero-order valence-corrected chi connectivity index (χ0v) is 27.0. The molecule has 1 aromatic carbocycles. The van der Waals surface area contributed by atoms with Gasteiger partial charge in [0.2, 0.25) is 0 Å². The lowest BCUT2D eigenvalue weighted by molar-refractivity contribution is 0.273. The van der Waals surface area contributed by atoms with Gasteiger partial charge in [0.05, 0.1) is 6.61 Å². The van der Waals surface area contributed by atoms with Gasteiger partial charge in [0.1, 0.15) is 17.2 Å². The van der Waals surface area contributed by atoms with Gasteiger partial charge in [0, 0.05) is 30.9 Å². The number of aliphatic imine (C=N–C) groups is 1. The molecule has 1 aliphatic rings. The maximum absolute atomic E-state index is 6.24.